The molecule has 110 valence electrons. The second-order valence-electron chi connectivity index (χ2n) is 4.75. The molecule has 1 amide bonds. The molecule has 0 fully saturated rings. The molecule has 1 atom stereocenters. The molecule has 0 bridgehead atoms. The van der Waals surface area contributed by atoms with E-state index in [-0.39, 0.29) is 6.42 Å². The third-order valence-corrected chi connectivity index (χ3v) is 3.32. The Kier molecular flexibility index (Phi) is 3.71. The number of fused-ring (bicyclic) bond motifs is 1. The summed E-state index contributed by atoms with van der Waals surface area (Å²) in [5.41, 5.74) is 1.89. The number of halogens is 5. The van der Waals surface area contributed by atoms with Crippen LogP contribution in [0.25, 0.3) is 0 Å². The van der Waals surface area contributed by atoms with Crippen LogP contribution >= 0.6 is 0 Å². The number of carbonyl (C=O) groups is 1. The molecule has 20 heavy (non-hydrogen) atoms. The second-order valence-corrected chi connectivity index (χ2v) is 4.75. The van der Waals surface area contributed by atoms with E-state index in [2.05, 4.69) is 0 Å². The zero-order chi connectivity index (χ0) is 15.0. The van der Waals surface area contributed by atoms with Crippen molar-refractivity contribution in [1.29, 1.82) is 0 Å². The van der Waals surface area contributed by atoms with E-state index in [1.807, 2.05) is 12.1 Å². The quantitative estimate of drug-likeness (QED) is 0.835. The molecule has 1 aromatic rings. The first-order valence-electron chi connectivity index (χ1n) is 6.04. The van der Waals surface area contributed by atoms with Gasteiger partial charge in [-0.05, 0) is 30.4 Å². The maximum absolute atomic E-state index is 12.8. The fourth-order valence-corrected chi connectivity index (χ4v) is 2.23. The topological polar surface area (TPSA) is 29.1 Å². The van der Waals surface area contributed by atoms with Crippen molar-refractivity contribution in [3.63, 3.8) is 0 Å². The van der Waals surface area contributed by atoms with Crippen molar-refractivity contribution in [2.45, 2.75) is 37.4 Å². The largest absolute Gasteiger partial charge is 0.463 e. The average molecular weight is 293 g/mol. The van der Waals surface area contributed by atoms with Crippen LogP contribution in [0.2, 0.25) is 0 Å². The van der Waals surface area contributed by atoms with Gasteiger partial charge in [-0.2, -0.15) is 22.0 Å². The molecule has 0 aromatic heterocycles. The van der Waals surface area contributed by atoms with Gasteiger partial charge in [0.2, 0.25) is 0 Å². The van der Waals surface area contributed by atoms with Crippen LogP contribution < -0.4 is 5.32 Å². The molecule has 1 aliphatic rings. The fourth-order valence-electron chi connectivity index (χ4n) is 2.23. The summed E-state index contributed by atoms with van der Waals surface area (Å²) in [5, 5.41) is 1.80. The SMILES string of the molecule is O=C(NC1CCc2ccccc2C1)C(F)(F)C(F)(F)F. The van der Waals surface area contributed by atoms with E-state index in [0.717, 1.165) is 11.1 Å². The molecule has 1 aromatic carbocycles. The molecule has 2 nitrogen and oxygen atoms in total. The van der Waals surface area contributed by atoms with E-state index in [1.54, 1.807) is 17.4 Å². The van der Waals surface area contributed by atoms with Gasteiger partial charge >= 0.3 is 18.0 Å². The predicted molar refractivity (Wildman–Crippen MR) is 61.4 cm³/mol. The van der Waals surface area contributed by atoms with E-state index in [0.29, 0.717) is 12.8 Å². The summed E-state index contributed by atoms with van der Waals surface area (Å²) < 4.78 is 61.9. The number of nitrogens with one attached hydrogen (secondary N) is 1. The Bertz CT molecular complexity index is 512. The summed E-state index contributed by atoms with van der Waals surface area (Å²) >= 11 is 0. The van der Waals surface area contributed by atoms with Crippen LogP contribution in [-0.2, 0) is 17.6 Å². The second kappa shape index (κ2) is 5.03. The minimum atomic E-state index is -5.87. The van der Waals surface area contributed by atoms with Crippen LogP contribution in [0, 0.1) is 0 Å². The summed E-state index contributed by atoms with van der Waals surface area (Å²) in [5.74, 6) is -7.64. The highest BCUT2D eigenvalue weighted by Gasteiger charge is 2.63. The van der Waals surface area contributed by atoms with Crippen LogP contribution in [-0.4, -0.2) is 24.0 Å². The van der Waals surface area contributed by atoms with Crippen molar-refractivity contribution in [2.75, 3.05) is 0 Å². The van der Waals surface area contributed by atoms with Gasteiger partial charge in [-0.25, -0.2) is 0 Å². The molecule has 0 spiro atoms. The van der Waals surface area contributed by atoms with E-state index in [4.69, 9.17) is 0 Å². The first kappa shape index (κ1) is 14.7. The molecule has 0 radical (unpaired) electrons. The average Bonchev–Trinajstić information content (AvgIpc) is 2.37. The van der Waals surface area contributed by atoms with Crippen molar-refractivity contribution in [2.24, 2.45) is 0 Å². The summed E-state index contributed by atoms with van der Waals surface area (Å²) in [7, 11) is 0. The van der Waals surface area contributed by atoms with Crippen molar-refractivity contribution in [3.8, 4) is 0 Å². The van der Waals surface area contributed by atoms with Crippen LogP contribution in [0.5, 0.6) is 0 Å². The molecule has 0 aliphatic heterocycles. The number of amides is 1. The maximum atomic E-state index is 12.8. The predicted octanol–water partition coefficient (Wildman–Crippen LogP) is 2.86. The van der Waals surface area contributed by atoms with Crippen molar-refractivity contribution in [3.05, 3.63) is 35.4 Å². The maximum Gasteiger partial charge on any atom is 0.463 e. The Labute approximate surface area is 112 Å². The van der Waals surface area contributed by atoms with Gasteiger partial charge in [0.1, 0.15) is 0 Å². The lowest BCUT2D eigenvalue weighted by Crippen LogP contribution is -2.53. The number of hydrogen-bond acceptors (Lipinski definition) is 1. The first-order chi connectivity index (χ1) is 9.22. The third-order valence-electron chi connectivity index (χ3n) is 3.32. The molecule has 1 unspecified atom stereocenters. The molecule has 0 saturated carbocycles. The Morgan fingerprint density at radius 3 is 2.30 bits per heavy atom. The lowest BCUT2D eigenvalue weighted by molar-refractivity contribution is -0.270. The summed E-state index contributed by atoms with van der Waals surface area (Å²) in [6.07, 6.45) is -4.73. The van der Waals surface area contributed by atoms with E-state index in [1.165, 1.54) is 0 Å². The summed E-state index contributed by atoms with van der Waals surface area (Å²) in [6.45, 7) is 0. The van der Waals surface area contributed by atoms with Gasteiger partial charge in [-0.15, -0.1) is 0 Å². The summed E-state index contributed by atoms with van der Waals surface area (Å²) in [6, 6.07) is 6.53. The number of rotatable bonds is 2. The molecule has 2 rings (SSSR count). The van der Waals surface area contributed by atoms with Gasteiger partial charge in [-0.1, -0.05) is 24.3 Å². The van der Waals surface area contributed by atoms with E-state index >= 15 is 0 Å². The Morgan fingerprint density at radius 2 is 1.70 bits per heavy atom. The minimum Gasteiger partial charge on any atom is -0.347 e. The van der Waals surface area contributed by atoms with Crippen LogP contribution in [0.4, 0.5) is 22.0 Å². The van der Waals surface area contributed by atoms with Crippen LogP contribution in [0.15, 0.2) is 24.3 Å². The Morgan fingerprint density at radius 1 is 1.10 bits per heavy atom. The number of benzene rings is 1. The first-order valence-corrected chi connectivity index (χ1v) is 6.04. The standard InChI is InChI=1S/C13H12F5NO/c14-12(15,13(16,17)18)11(20)19-10-6-5-8-3-1-2-4-9(8)7-10/h1-4,10H,5-7H2,(H,19,20). The lowest BCUT2D eigenvalue weighted by Gasteiger charge is -2.27. The molecule has 7 heteroatoms. The number of aryl methyl sites for hydroxylation is 1. The monoisotopic (exact) mass is 293 g/mol. The van der Waals surface area contributed by atoms with Gasteiger partial charge in [0.25, 0.3) is 0 Å². The fraction of sp³-hybridized carbons (Fsp3) is 0.462. The number of hydrogen-bond donors (Lipinski definition) is 1. The van der Waals surface area contributed by atoms with E-state index < -0.39 is 24.0 Å². The van der Waals surface area contributed by atoms with Crippen LogP contribution in [0.1, 0.15) is 17.5 Å². The Hall–Kier alpha value is -1.66. The molecular formula is C13H12F5NO. The highest BCUT2D eigenvalue weighted by Crippen LogP contribution is 2.35. The van der Waals surface area contributed by atoms with Gasteiger partial charge in [0.15, 0.2) is 0 Å². The Balaban J connectivity index is 2.04. The van der Waals surface area contributed by atoms with Gasteiger partial charge in [-0.3, -0.25) is 4.79 Å². The number of alkyl halides is 5. The molecule has 1 N–H and O–H groups in total. The molecule has 0 heterocycles. The highest BCUT2D eigenvalue weighted by atomic mass is 19.4. The zero-order valence-corrected chi connectivity index (χ0v) is 10.3. The molecular weight excluding hydrogens is 281 g/mol. The third kappa shape index (κ3) is 2.76. The van der Waals surface area contributed by atoms with Crippen LogP contribution in [0.3, 0.4) is 0 Å². The lowest BCUT2D eigenvalue weighted by atomic mass is 9.88. The smallest absolute Gasteiger partial charge is 0.347 e. The van der Waals surface area contributed by atoms with Crippen molar-refractivity contribution < 1.29 is 26.7 Å². The zero-order valence-electron chi connectivity index (χ0n) is 10.3. The molecule has 1 aliphatic carbocycles. The van der Waals surface area contributed by atoms with Gasteiger partial charge in [0.05, 0.1) is 0 Å². The van der Waals surface area contributed by atoms with Gasteiger partial charge < -0.3 is 5.32 Å². The van der Waals surface area contributed by atoms with Crippen molar-refractivity contribution in [1.82, 2.24) is 5.32 Å². The highest BCUT2D eigenvalue weighted by molar-refractivity contribution is 5.84. The summed E-state index contributed by atoms with van der Waals surface area (Å²) in [4.78, 5) is 11.1. The van der Waals surface area contributed by atoms with Crippen molar-refractivity contribution >= 4 is 5.91 Å². The normalized spacial score (nSPS) is 19.4. The minimum absolute atomic E-state index is 0.260. The molecule has 0 saturated heterocycles. The van der Waals surface area contributed by atoms with Gasteiger partial charge in [0, 0.05) is 6.04 Å². The van der Waals surface area contributed by atoms with E-state index in [9.17, 15) is 26.7 Å². The number of carbonyl (C=O) groups excluding carboxylic acids is 1.